The van der Waals surface area contributed by atoms with Crippen LogP contribution in [0.4, 0.5) is 4.39 Å². The van der Waals surface area contributed by atoms with Crippen molar-refractivity contribution in [3.05, 3.63) is 30.1 Å². The lowest BCUT2D eigenvalue weighted by Gasteiger charge is -2.30. The van der Waals surface area contributed by atoms with Crippen molar-refractivity contribution in [3.8, 4) is 5.75 Å². The second-order valence-electron chi connectivity index (χ2n) is 4.81. The molecule has 4 heteroatoms. The minimum atomic E-state index is -0.433. The number of rotatable bonds is 3. The van der Waals surface area contributed by atoms with E-state index in [0.29, 0.717) is 5.92 Å². The monoisotopic (exact) mass is 251 g/mol. The van der Waals surface area contributed by atoms with Gasteiger partial charge >= 0.3 is 0 Å². The molecule has 1 unspecified atom stereocenters. The number of likely N-dealkylation sites (tertiary alicyclic amines) is 1. The molecule has 0 bridgehead atoms. The molecule has 1 fully saturated rings. The maximum atomic E-state index is 13.3. The Morgan fingerprint density at radius 3 is 3.00 bits per heavy atom. The van der Waals surface area contributed by atoms with E-state index in [1.165, 1.54) is 12.1 Å². The van der Waals surface area contributed by atoms with E-state index in [-0.39, 0.29) is 18.3 Å². The van der Waals surface area contributed by atoms with E-state index < -0.39 is 5.82 Å². The van der Waals surface area contributed by atoms with E-state index >= 15 is 0 Å². The summed E-state index contributed by atoms with van der Waals surface area (Å²) in [5.74, 6) is 0.175. The molecule has 98 valence electrons. The number of para-hydroxylation sites is 1. The first kappa shape index (κ1) is 12.9. The first-order chi connectivity index (χ1) is 8.66. The van der Waals surface area contributed by atoms with Crippen molar-refractivity contribution in [2.75, 3.05) is 19.7 Å². The highest BCUT2D eigenvalue weighted by Crippen LogP contribution is 2.17. The maximum Gasteiger partial charge on any atom is 0.260 e. The van der Waals surface area contributed by atoms with Crippen molar-refractivity contribution < 1.29 is 13.9 Å². The van der Waals surface area contributed by atoms with E-state index in [9.17, 15) is 9.18 Å². The third kappa shape index (κ3) is 3.22. The number of halogens is 1. The van der Waals surface area contributed by atoms with Gasteiger partial charge in [0.15, 0.2) is 18.2 Å². The van der Waals surface area contributed by atoms with Gasteiger partial charge in [-0.15, -0.1) is 0 Å². The van der Waals surface area contributed by atoms with E-state index in [2.05, 4.69) is 6.92 Å². The summed E-state index contributed by atoms with van der Waals surface area (Å²) in [5.41, 5.74) is 0. The van der Waals surface area contributed by atoms with Gasteiger partial charge in [-0.1, -0.05) is 19.1 Å². The van der Waals surface area contributed by atoms with E-state index in [0.717, 1.165) is 25.9 Å². The molecule has 0 spiro atoms. The van der Waals surface area contributed by atoms with Crippen LogP contribution in [0.3, 0.4) is 0 Å². The van der Waals surface area contributed by atoms with Crippen LogP contribution < -0.4 is 4.74 Å². The number of piperidine rings is 1. The van der Waals surface area contributed by atoms with Crippen LogP contribution in [0.15, 0.2) is 24.3 Å². The summed E-state index contributed by atoms with van der Waals surface area (Å²) in [7, 11) is 0. The second-order valence-corrected chi connectivity index (χ2v) is 4.81. The molecule has 0 N–H and O–H groups in total. The highest BCUT2D eigenvalue weighted by atomic mass is 19.1. The fourth-order valence-corrected chi connectivity index (χ4v) is 2.21. The third-order valence-electron chi connectivity index (χ3n) is 3.20. The molecular weight excluding hydrogens is 233 g/mol. The Labute approximate surface area is 107 Å². The average molecular weight is 251 g/mol. The summed E-state index contributed by atoms with van der Waals surface area (Å²) in [6.45, 7) is 3.61. The van der Waals surface area contributed by atoms with Crippen molar-refractivity contribution in [1.29, 1.82) is 0 Å². The summed E-state index contributed by atoms with van der Waals surface area (Å²) in [5, 5.41) is 0. The van der Waals surface area contributed by atoms with Crippen LogP contribution in [0.5, 0.6) is 5.75 Å². The van der Waals surface area contributed by atoms with Gasteiger partial charge in [-0.3, -0.25) is 4.79 Å². The minimum Gasteiger partial charge on any atom is -0.481 e. The van der Waals surface area contributed by atoms with Gasteiger partial charge in [0, 0.05) is 13.1 Å². The molecule has 0 saturated carbocycles. The van der Waals surface area contributed by atoms with Gasteiger partial charge in [-0.25, -0.2) is 4.39 Å². The summed E-state index contributed by atoms with van der Waals surface area (Å²) in [6, 6.07) is 6.13. The zero-order valence-electron chi connectivity index (χ0n) is 10.6. The van der Waals surface area contributed by atoms with Gasteiger partial charge in [0.25, 0.3) is 5.91 Å². The van der Waals surface area contributed by atoms with Crippen LogP contribution in [0.25, 0.3) is 0 Å². The van der Waals surface area contributed by atoms with Gasteiger partial charge in [0.1, 0.15) is 0 Å². The Morgan fingerprint density at radius 1 is 1.50 bits per heavy atom. The quantitative estimate of drug-likeness (QED) is 0.826. The number of carbonyl (C=O) groups is 1. The maximum absolute atomic E-state index is 13.3. The van der Waals surface area contributed by atoms with E-state index in [4.69, 9.17) is 4.74 Å². The van der Waals surface area contributed by atoms with Crippen molar-refractivity contribution in [2.24, 2.45) is 5.92 Å². The fourth-order valence-electron chi connectivity index (χ4n) is 2.21. The van der Waals surface area contributed by atoms with Crippen molar-refractivity contribution in [3.63, 3.8) is 0 Å². The molecule has 1 atom stereocenters. The Morgan fingerprint density at radius 2 is 2.28 bits per heavy atom. The third-order valence-corrected chi connectivity index (χ3v) is 3.20. The molecular formula is C14H18FNO2. The minimum absolute atomic E-state index is 0.0650. The average Bonchev–Trinajstić information content (AvgIpc) is 2.37. The van der Waals surface area contributed by atoms with Crippen LogP contribution in [0, 0.1) is 11.7 Å². The zero-order valence-corrected chi connectivity index (χ0v) is 10.6. The molecule has 0 radical (unpaired) electrons. The van der Waals surface area contributed by atoms with Gasteiger partial charge in [0.05, 0.1) is 0 Å². The standard InChI is InChI=1S/C14H18FNO2/c1-11-5-4-8-16(9-11)14(17)10-18-13-7-3-2-6-12(13)15/h2-3,6-7,11H,4-5,8-10H2,1H3. The molecule has 2 rings (SSSR count). The lowest BCUT2D eigenvalue weighted by atomic mass is 10.0. The molecule has 0 aliphatic carbocycles. The molecule has 1 aromatic carbocycles. The van der Waals surface area contributed by atoms with Crippen molar-refractivity contribution >= 4 is 5.91 Å². The van der Waals surface area contributed by atoms with Crippen molar-refractivity contribution in [1.82, 2.24) is 4.90 Å². The number of ether oxygens (including phenoxy) is 1. The molecule has 1 amide bonds. The predicted octanol–water partition coefficient (Wildman–Crippen LogP) is 2.46. The first-order valence-electron chi connectivity index (χ1n) is 6.32. The number of carbonyl (C=O) groups excluding carboxylic acids is 1. The van der Waals surface area contributed by atoms with Crippen LogP contribution in [0.2, 0.25) is 0 Å². The number of hydrogen-bond donors (Lipinski definition) is 0. The lowest BCUT2D eigenvalue weighted by molar-refractivity contribution is -0.135. The normalized spacial score (nSPS) is 19.7. The number of hydrogen-bond acceptors (Lipinski definition) is 2. The van der Waals surface area contributed by atoms with Crippen LogP contribution in [0.1, 0.15) is 19.8 Å². The molecule has 1 saturated heterocycles. The molecule has 1 heterocycles. The molecule has 0 aromatic heterocycles. The topological polar surface area (TPSA) is 29.5 Å². The first-order valence-corrected chi connectivity index (χ1v) is 6.32. The van der Waals surface area contributed by atoms with Crippen LogP contribution >= 0.6 is 0 Å². The number of nitrogens with zero attached hydrogens (tertiary/aromatic N) is 1. The Hall–Kier alpha value is -1.58. The summed E-state index contributed by atoms with van der Waals surface area (Å²) >= 11 is 0. The molecule has 1 aliphatic rings. The zero-order chi connectivity index (χ0) is 13.0. The smallest absolute Gasteiger partial charge is 0.260 e. The fraction of sp³-hybridized carbons (Fsp3) is 0.500. The van der Waals surface area contributed by atoms with E-state index in [1.807, 2.05) is 0 Å². The Kier molecular flexibility index (Phi) is 4.18. The van der Waals surface area contributed by atoms with Crippen LogP contribution in [-0.2, 0) is 4.79 Å². The predicted molar refractivity (Wildman–Crippen MR) is 66.9 cm³/mol. The van der Waals surface area contributed by atoms with Gasteiger partial charge in [-0.05, 0) is 30.9 Å². The summed E-state index contributed by atoms with van der Waals surface area (Å²) in [6.07, 6.45) is 2.20. The SMILES string of the molecule is CC1CCCN(C(=O)COc2ccccc2F)C1. The van der Waals surface area contributed by atoms with Gasteiger partial charge < -0.3 is 9.64 Å². The summed E-state index contributed by atoms with van der Waals surface area (Å²) < 4.78 is 18.5. The largest absolute Gasteiger partial charge is 0.481 e. The number of benzene rings is 1. The molecule has 3 nitrogen and oxygen atoms in total. The number of amides is 1. The lowest BCUT2D eigenvalue weighted by Crippen LogP contribution is -2.41. The Bertz CT molecular complexity index is 422. The Balaban J connectivity index is 1.86. The van der Waals surface area contributed by atoms with E-state index in [1.54, 1.807) is 17.0 Å². The highest BCUT2D eigenvalue weighted by Gasteiger charge is 2.21. The van der Waals surface area contributed by atoms with Crippen molar-refractivity contribution in [2.45, 2.75) is 19.8 Å². The second kappa shape index (κ2) is 5.85. The summed E-state index contributed by atoms with van der Waals surface area (Å²) in [4.78, 5) is 13.7. The van der Waals surface area contributed by atoms with Gasteiger partial charge in [-0.2, -0.15) is 0 Å². The molecule has 1 aromatic rings. The van der Waals surface area contributed by atoms with Gasteiger partial charge in [0.2, 0.25) is 0 Å². The molecule has 1 aliphatic heterocycles. The molecule has 18 heavy (non-hydrogen) atoms. The van der Waals surface area contributed by atoms with Crippen LogP contribution in [-0.4, -0.2) is 30.5 Å². The highest BCUT2D eigenvalue weighted by molar-refractivity contribution is 5.77.